The molecule has 2 fully saturated rings. The monoisotopic (exact) mass is 399 g/mol. The minimum atomic E-state index is -3.94. The summed E-state index contributed by atoms with van der Waals surface area (Å²) in [5.41, 5.74) is 0.218. The Hall–Kier alpha value is -2.04. The largest absolute Gasteiger partial charge is 0.360 e. The van der Waals surface area contributed by atoms with Crippen LogP contribution >= 0.6 is 0 Å². The van der Waals surface area contributed by atoms with Crippen LogP contribution < -0.4 is 10.6 Å². The van der Waals surface area contributed by atoms with Crippen molar-refractivity contribution in [2.24, 2.45) is 0 Å². The summed E-state index contributed by atoms with van der Waals surface area (Å²) in [6.45, 7) is 1.87. The third-order valence-corrected chi connectivity index (χ3v) is 6.33. The molecule has 1 saturated carbocycles. The molecular weight excluding hydrogens is 377 g/mol. The van der Waals surface area contributed by atoms with E-state index in [1.165, 1.54) is 19.1 Å². The highest BCUT2D eigenvalue weighted by atomic mass is 32.2. The molecule has 10 heteroatoms. The van der Waals surface area contributed by atoms with Crippen LogP contribution in [0.1, 0.15) is 24.8 Å². The van der Waals surface area contributed by atoms with Crippen molar-refractivity contribution in [2.75, 3.05) is 19.7 Å². The van der Waals surface area contributed by atoms with E-state index in [1.54, 1.807) is 0 Å². The van der Waals surface area contributed by atoms with Gasteiger partial charge < -0.3 is 15.4 Å². The van der Waals surface area contributed by atoms with E-state index in [0.717, 1.165) is 23.2 Å². The van der Waals surface area contributed by atoms with Gasteiger partial charge in [-0.1, -0.05) is 0 Å². The average molecular weight is 399 g/mol. The molecule has 1 aliphatic heterocycles. The molecule has 0 aromatic heterocycles. The number of benzene rings is 1. The van der Waals surface area contributed by atoms with Gasteiger partial charge in [0.25, 0.3) is 0 Å². The van der Waals surface area contributed by atoms with E-state index in [1.807, 2.05) is 0 Å². The third-order valence-electron chi connectivity index (χ3n) is 4.45. The Morgan fingerprint density at radius 3 is 2.70 bits per heavy atom. The number of nitrogens with one attached hydrogen (secondary N) is 2. The second-order valence-corrected chi connectivity index (χ2v) is 8.55. The number of amides is 2. The number of halogens is 1. The van der Waals surface area contributed by atoms with Crippen LogP contribution in [0.15, 0.2) is 23.1 Å². The van der Waals surface area contributed by atoms with E-state index >= 15 is 0 Å². The fraction of sp³-hybridized carbons (Fsp3) is 0.529. The molecule has 1 saturated heterocycles. The van der Waals surface area contributed by atoms with E-state index < -0.39 is 33.9 Å². The van der Waals surface area contributed by atoms with Crippen LogP contribution in [-0.4, -0.2) is 56.5 Å². The summed E-state index contributed by atoms with van der Waals surface area (Å²) in [6, 6.07) is 3.61. The van der Waals surface area contributed by atoms with Crippen LogP contribution in [-0.2, 0) is 24.3 Å². The summed E-state index contributed by atoms with van der Waals surface area (Å²) in [6.07, 6.45) is 1.26. The normalized spacial score (nSPS) is 20.9. The quantitative estimate of drug-likeness (QED) is 0.692. The number of hydrogen-bond donors (Lipinski definition) is 2. The first kappa shape index (κ1) is 19.7. The van der Waals surface area contributed by atoms with Crippen LogP contribution in [0.3, 0.4) is 0 Å². The molecule has 1 heterocycles. The van der Waals surface area contributed by atoms with Crippen LogP contribution in [0.25, 0.3) is 0 Å². The molecular formula is C17H22FN3O5S. The first-order chi connectivity index (χ1) is 12.8. The Bertz CT molecular complexity index is 841. The van der Waals surface area contributed by atoms with Gasteiger partial charge in [-0.15, -0.1) is 0 Å². The van der Waals surface area contributed by atoms with E-state index in [9.17, 15) is 22.4 Å². The number of carbonyl (C=O) groups is 2. The average Bonchev–Trinajstić information content (AvgIpc) is 3.46. The van der Waals surface area contributed by atoms with Gasteiger partial charge in [-0.2, -0.15) is 4.31 Å². The molecule has 148 valence electrons. The molecule has 1 aliphatic carbocycles. The summed E-state index contributed by atoms with van der Waals surface area (Å²) in [4.78, 5) is 23.5. The van der Waals surface area contributed by atoms with Gasteiger partial charge in [0, 0.05) is 12.6 Å². The van der Waals surface area contributed by atoms with Gasteiger partial charge in [-0.25, -0.2) is 12.8 Å². The SMILES string of the molecule is Cc1cc(S(=O)(=O)N2CCCOC2CNC(=O)C(=O)NC2CC2)ccc1F. The molecule has 1 aromatic carbocycles. The van der Waals surface area contributed by atoms with Crippen molar-refractivity contribution in [2.45, 2.75) is 43.4 Å². The third kappa shape index (κ3) is 4.63. The molecule has 8 nitrogen and oxygen atoms in total. The zero-order valence-electron chi connectivity index (χ0n) is 14.9. The fourth-order valence-corrected chi connectivity index (χ4v) is 4.41. The standard InChI is InChI=1S/C17H22FN3O5S/c1-11-9-13(5-6-14(11)18)27(24,25)21-7-2-8-26-15(21)10-19-16(22)17(23)20-12-3-4-12/h5-6,9,12,15H,2-4,7-8,10H2,1H3,(H,19,22)(H,20,23). The Morgan fingerprint density at radius 2 is 2.04 bits per heavy atom. The lowest BCUT2D eigenvalue weighted by Crippen LogP contribution is -2.53. The summed E-state index contributed by atoms with van der Waals surface area (Å²) in [5.74, 6) is -2.06. The second kappa shape index (κ2) is 7.91. The molecule has 2 amide bonds. The summed E-state index contributed by atoms with van der Waals surface area (Å²) < 4.78 is 45.9. The molecule has 0 bridgehead atoms. The predicted molar refractivity (Wildman–Crippen MR) is 93.6 cm³/mol. The highest BCUT2D eigenvalue weighted by Gasteiger charge is 2.35. The number of ether oxygens (including phenoxy) is 1. The zero-order valence-corrected chi connectivity index (χ0v) is 15.7. The number of aryl methyl sites for hydroxylation is 1. The van der Waals surface area contributed by atoms with Gasteiger partial charge in [0.15, 0.2) is 0 Å². The van der Waals surface area contributed by atoms with E-state index in [4.69, 9.17) is 4.74 Å². The van der Waals surface area contributed by atoms with E-state index in [-0.39, 0.29) is 29.6 Å². The van der Waals surface area contributed by atoms with Crippen molar-refractivity contribution < 1.29 is 27.1 Å². The maximum Gasteiger partial charge on any atom is 0.309 e. The van der Waals surface area contributed by atoms with Crippen molar-refractivity contribution in [3.05, 3.63) is 29.6 Å². The van der Waals surface area contributed by atoms with Gasteiger partial charge >= 0.3 is 11.8 Å². The Morgan fingerprint density at radius 1 is 1.30 bits per heavy atom. The lowest BCUT2D eigenvalue weighted by molar-refractivity contribution is -0.140. The lowest BCUT2D eigenvalue weighted by Gasteiger charge is -2.34. The topological polar surface area (TPSA) is 105 Å². The molecule has 3 rings (SSSR count). The Labute approximate surface area is 157 Å². The first-order valence-corrected chi connectivity index (χ1v) is 10.2. The zero-order chi connectivity index (χ0) is 19.6. The van der Waals surface area contributed by atoms with E-state index in [0.29, 0.717) is 13.0 Å². The van der Waals surface area contributed by atoms with Gasteiger partial charge in [-0.05, 0) is 49.9 Å². The minimum Gasteiger partial charge on any atom is -0.360 e. The summed E-state index contributed by atoms with van der Waals surface area (Å²) >= 11 is 0. The smallest absolute Gasteiger partial charge is 0.309 e. The van der Waals surface area contributed by atoms with Crippen LogP contribution in [0.5, 0.6) is 0 Å². The molecule has 1 aromatic rings. The van der Waals surface area contributed by atoms with Crippen molar-refractivity contribution in [1.29, 1.82) is 0 Å². The maximum atomic E-state index is 13.5. The van der Waals surface area contributed by atoms with E-state index in [2.05, 4.69) is 10.6 Å². The van der Waals surface area contributed by atoms with Crippen molar-refractivity contribution in [3.8, 4) is 0 Å². The second-order valence-electron chi connectivity index (χ2n) is 6.66. The lowest BCUT2D eigenvalue weighted by atomic mass is 10.2. The summed E-state index contributed by atoms with van der Waals surface area (Å²) in [5, 5.41) is 4.98. The number of hydrogen-bond acceptors (Lipinski definition) is 5. The number of rotatable bonds is 5. The predicted octanol–water partition coefficient (Wildman–Crippen LogP) is 0.266. The van der Waals surface area contributed by atoms with Crippen molar-refractivity contribution in [1.82, 2.24) is 14.9 Å². The van der Waals surface area contributed by atoms with Crippen LogP contribution in [0.2, 0.25) is 0 Å². The number of nitrogens with zero attached hydrogens (tertiary/aromatic N) is 1. The van der Waals surface area contributed by atoms with Gasteiger partial charge in [0.1, 0.15) is 12.0 Å². The Balaban J connectivity index is 1.69. The van der Waals surface area contributed by atoms with Gasteiger partial charge in [0.2, 0.25) is 10.0 Å². The molecule has 2 N–H and O–H groups in total. The van der Waals surface area contributed by atoms with Gasteiger partial charge in [0.05, 0.1) is 18.0 Å². The molecule has 2 aliphatic rings. The molecule has 1 atom stereocenters. The van der Waals surface area contributed by atoms with Crippen molar-refractivity contribution >= 4 is 21.8 Å². The molecule has 27 heavy (non-hydrogen) atoms. The maximum absolute atomic E-state index is 13.5. The highest BCUT2D eigenvalue weighted by molar-refractivity contribution is 7.89. The number of carbonyl (C=O) groups excluding carboxylic acids is 2. The minimum absolute atomic E-state index is 0.0466. The summed E-state index contributed by atoms with van der Waals surface area (Å²) in [7, 11) is -3.94. The van der Waals surface area contributed by atoms with Gasteiger partial charge in [-0.3, -0.25) is 9.59 Å². The molecule has 1 unspecified atom stereocenters. The highest BCUT2D eigenvalue weighted by Crippen LogP contribution is 2.23. The molecule has 0 spiro atoms. The molecule has 0 radical (unpaired) electrons. The fourth-order valence-electron chi connectivity index (χ4n) is 2.75. The Kier molecular flexibility index (Phi) is 5.78. The van der Waals surface area contributed by atoms with Crippen LogP contribution in [0.4, 0.5) is 4.39 Å². The van der Waals surface area contributed by atoms with Crippen LogP contribution in [0, 0.1) is 12.7 Å². The van der Waals surface area contributed by atoms with Crippen molar-refractivity contribution in [3.63, 3.8) is 0 Å². The number of sulfonamides is 1. The first-order valence-electron chi connectivity index (χ1n) is 8.77.